The van der Waals surface area contributed by atoms with Crippen molar-refractivity contribution in [1.82, 2.24) is 19.8 Å². The van der Waals surface area contributed by atoms with Crippen molar-refractivity contribution < 1.29 is 14.4 Å². The van der Waals surface area contributed by atoms with Crippen LogP contribution in [0.1, 0.15) is 5.56 Å². The Kier molecular flexibility index (Phi) is 4.79. The number of aliphatic hydroxyl groups is 1. The third kappa shape index (κ3) is 3.91. The molecule has 0 aliphatic heterocycles. The van der Waals surface area contributed by atoms with Gasteiger partial charge in [0.05, 0.1) is 38.2 Å². The smallest absolute Gasteiger partial charge is 0.300 e. The second-order valence-corrected chi connectivity index (χ2v) is 5.71. The van der Waals surface area contributed by atoms with Gasteiger partial charge in [0.25, 0.3) is 6.01 Å². The van der Waals surface area contributed by atoms with E-state index in [2.05, 4.69) is 15.4 Å². The Morgan fingerprint density at radius 2 is 2.29 bits per heavy atom. The monoisotopic (exact) mass is 331 g/mol. The summed E-state index contributed by atoms with van der Waals surface area (Å²) in [5.41, 5.74) is 3.41. The number of hydrogen-bond donors (Lipinski definition) is 2. The lowest BCUT2D eigenvalue weighted by Crippen LogP contribution is -2.31. The Morgan fingerprint density at radius 1 is 1.46 bits per heavy atom. The van der Waals surface area contributed by atoms with Crippen LogP contribution in [0.3, 0.4) is 0 Å². The molecule has 2 N–H and O–H groups in total. The first-order valence-corrected chi connectivity index (χ1v) is 7.63. The Morgan fingerprint density at radius 3 is 3.08 bits per heavy atom. The van der Waals surface area contributed by atoms with Crippen LogP contribution in [0.15, 0.2) is 35.0 Å². The van der Waals surface area contributed by atoms with Crippen LogP contribution in [0.25, 0.3) is 11.1 Å². The van der Waals surface area contributed by atoms with Gasteiger partial charge in [0, 0.05) is 13.2 Å². The van der Waals surface area contributed by atoms with E-state index in [1.165, 1.54) is 0 Å². The number of aryl methyl sites for hydroxylation is 1. The molecule has 128 valence electrons. The van der Waals surface area contributed by atoms with Gasteiger partial charge in [-0.1, -0.05) is 6.07 Å². The molecule has 8 nitrogen and oxygen atoms in total. The number of hydrogen-bond acceptors (Lipinski definition) is 7. The second kappa shape index (κ2) is 7.00. The fourth-order valence-electron chi connectivity index (χ4n) is 2.39. The Bertz CT molecular complexity index is 813. The number of hydroxylamine groups is 2. The molecule has 1 atom stereocenters. The fourth-order valence-corrected chi connectivity index (χ4v) is 2.39. The average Bonchev–Trinajstić information content (AvgIpc) is 3.13. The first-order chi connectivity index (χ1) is 11.5. The molecular weight excluding hydrogens is 310 g/mol. The molecule has 24 heavy (non-hydrogen) atoms. The molecule has 0 spiro atoms. The minimum absolute atomic E-state index is 0.363. The van der Waals surface area contributed by atoms with E-state index in [4.69, 9.17) is 9.25 Å². The normalized spacial score (nSPS) is 12.9. The van der Waals surface area contributed by atoms with Crippen LogP contribution < -0.4 is 5.32 Å². The highest BCUT2D eigenvalue weighted by Gasteiger charge is 2.11. The number of fused-ring (bicyclic) bond motifs is 1. The van der Waals surface area contributed by atoms with Gasteiger partial charge in [-0.25, -0.2) is 0 Å². The average molecular weight is 331 g/mol. The van der Waals surface area contributed by atoms with Gasteiger partial charge >= 0.3 is 0 Å². The third-order valence-corrected chi connectivity index (χ3v) is 3.60. The van der Waals surface area contributed by atoms with Gasteiger partial charge in [-0.2, -0.15) is 15.1 Å². The summed E-state index contributed by atoms with van der Waals surface area (Å²) in [7, 11) is 3.32. The van der Waals surface area contributed by atoms with Gasteiger partial charge < -0.3 is 19.7 Å². The van der Waals surface area contributed by atoms with Crippen LogP contribution in [0.5, 0.6) is 0 Å². The van der Waals surface area contributed by atoms with E-state index < -0.39 is 6.10 Å². The summed E-state index contributed by atoms with van der Waals surface area (Å²) in [6.07, 6.45) is 2.86. The highest BCUT2D eigenvalue weighted by molar-refractivity contribution is 5.75. The van der Waals surface area contributed by atoms with E-state index in [-0.39, 0.29) is 0 Å². The first-order valence-electron chi connectivity index (χ1n) is 7.63. The summed E-state index contributed by atoms with van der Waals surface area (Å²) in [6.45, 7) is 2.77. The van der Waals surface area contributed by atoms with Crippen molar-refractivity contribution in [1.29, 1.82) is 0 Å². The van der Waals surface area contributed by atoms with Crippen molar-refractivity contribution in [2.75, 3.05) is 26.0 Å². The summed E-state index contributed by atoms with van der Waals surface area (Å²) < 4.78 is 7.31. The lowest BCUT2D eigenvalue weighted by molar-refractivity contribution is -0.129. The van der Waals surface area contributed by atoms with Gasteiger partial charge in [0.2, 0.25) is 0 Å². The molecule has 0 aliphatic rings. The predicted octanol–water partition coefficient (Wildman–Crippen LogP) is 1.93. The number of rotatable bonds is 7. The van der Waals surface area contributed by atoms with Gasteiger partial charge in [0.15, 0.2) is 5.58 Å². The first kappa shape index (κ1) is 16.4. The molecule has 0 radical (unpaired) electrons. The molecule has 3 rings (SSSR count). The van der Waals surface area contributed by atoms with Gasteiger partial charge in [-0.3, -0.25) is 4.68 Å². The summed E-state index contributed by atoms with van der Waals surface area (Å²) in [5, 5.41) is 18.9. The minimum Gasteiger partial charge on any atom is -0.423 e. The molecule has 3 aromatic rings. The molecular formula is C16H21N5O3. The molecule has 8 heteroatoms. The van der Waals surface area contributed by atoms with Gasteiger partial charge in [-0.15, -0.1) is 0 Å². The van der Waals surface area contributed by atoms with Gasteiger partial charge in [0.1, 0.15) is 5.52 Å². The van der Waals surface area contributed by atoms with Crippen molar-refractivity contribution in [3.63, 3.8) is 0 Å². The zero-order valence-electron chi connectivity index (χ0n) is 13.9. The predicted molar refractivity (Wildman–Crippen MR) is 89.9 cm³/mol. The molecule has 0 fully saturated rings. The highest BCUT2D eigenvalue weighted by atomic mass is 16.7. The van der Waals surface area contributed by atoms with E-state index >= 15 is 0 Å². The van der Waals surface area contributed by atoms with E-state index in [9.17, 15) is 5.11 Å². The van der Waals surface area contributed by atoms with Crippen LogP contribution in [0.2, 0.25) is 0 Å². The standard InChI is InChI=1S/C16H21N5O3/c1-11-4-5-15-14(6-11)19-16(24-15)18-12-7-17-21(8-12)10-13(22)9-20(2)23-3/h4-8,13,22H,9-10H2,1-3H3,(H,18,19)/t13-/m0/s1. The molecule has 1 aromatic carbocycles. The minimum atomic E-state index is -0.588. The van der Waals surface area contributed by atoms with E-state index in [0.29, 0.717) is 19.1 Å². The maximum Gasteiger partial charge on any atom is 0.300 e. The van der Waals surface area contributed by atoms with Crippen LogP contribution in [-0.4, -0.2) is 51.7 Å². The molecule has 0 bridgehead atoms. The van der Waals surface area contributed by atoms with E-state index in [1.54, 1.807) is 36.3 Å². The molecule has 0 amide bonds. The van der Waals surface area contributed by atoms with Crippen LogP contribution in [-0.2, 0) is 11.4 Å². The quantitative estimate of drug-likeness (QED) is 0.640. The number of oxazole rings is 1. The highest BCUT2D eigenvalue weighted by Crippen LogP contribution is 2.22. The molecule has 2 aromatic heterocycles. The van der Waals surface area contributed by atoms with E-state index in [1.807, 2.05) is 25.1 Å². The SMILES string of the molecule is CON(C)C[C@H](O)Cn1cc(Nc2nc3cc(C)ccc3o2)cn1. The summed E-state index contributed by atoms with van der Waals surface area (Å²) in [4.78, 5) is 9.39. The number of aliphatic hydroxyl groups excluding tert-OH is 1. The van der Waals surface area contributed by atoms with Crippen molar-refractivity contribution in [2.45, 2.75) is 19.6 Å². The molecule has 0 aliphatic carbocycles. The lowest BCUT2D eigenvalue weighted by Gasteiger charge is -2.17. The third-order valence-electron chi connectivity index (χ3n) is 3.60. The number of likely N-dealkylation sites (N-methyl/N-ethyl adjacent to an activating group) is 1. The summed E-state index contributed by atoms with van der Waals surface area (Å²) in [5.74, 6) is 0. The molecule has 0 unspecified atom stereocenters. The summed E-state index contributed by atoms with van der Waals surface area (Å²) >= 11 is 0. The topological polar surface area (TPSA) is 88.6 Å². The van der Waals surface area contributed by atoms with Crippen LogP contribution in [0, 0.1) is 6.92 Å². The Labute approximate surface area is 139 Å². The number of nitrogens with zero attached hydrogens (tertiary/aromatic N) is 4. The maximum absolute atomic E-state index is 9.99. The van der Waals surface area contributed by atoms with Crippen molar-refractivity contribution in [2.24, 2.45) is 0 Å². The second-order valence-electron chi connectivity index (χ2n) is 5.71. The largest absolute Gasteiger partial charge is 0.423 e. The molecule has 2 heterocycles. The fraction of sp³-hybridized carbons (Fsp3) is 0.375. The van der Waals surface area contributed by atoms with Crippen LogP contribution >= 0.6 is 0 Å². The molecule has 0 saturated carbocycles. The number of anilines is 2. The number of nitrogens with one attached hydrogen (secondary N) is 1. The Hall–Kier alpha value is -2.42. The molecule has 0 saturated heterocycles. The van der Waals surface area contributed by atoms with Crippen LogP contribution in [0.4, 0.5) is 11.7 Å². The Balaban J connectivity index is 1.64. The van der Waals surface area contributed by atoms with Gasteiger partial charge in [-0.05, 0) is 24.6 Å². The van der Waals surface area contributed by atoms with Crippen molar-refractivity contribution in [3.8, 4) is 0 Å². The lowest BCUT2D eigenvalue weighted by atomic mass is 10.2. The summed E-state index contributed by atoms with van der Waals surface area (Å²) in [6, 6.07) is 6.26. The maximum atomic E-state index is 9.99. The number of aromatic nitrogens is 3. The zero-order chi connectivity index (χ0) is 17.1. The zero-order valence-corrected chi connectivity index (χ0v) is 13.9. The number of benzene rings is 1. The van der Waals surface area contributed by atoms with Crippen molar-refractivity contribution >= 4 is 22.8 Å². The van der Waals surface area contributed by atoms with E-state index in [0.717, 1.165) is 22.4 Å². The van der Waals surface area contributed by atoms with Crippen molar-refractivity contribution in [3.05, 3.63) is 36.2 Å².